The molecule has 31 heavy (non-hydrogen) atoms. The molecule has 0 aromatic heterocycles. The first-order chi connectivity index (χ1) is 14.3. The van der Waals surface area contributed by atoms with E-state index in [1.54, 1.807) is 0 Å². The summed E-state index contributed by atoms with van der Waals surface area (Å²) in [5.41, 5.74) is 2.66. The summed E-state index contributed by atoms with van der Waals surface area (Å²) in [6, 6.07) is 16.8. The maximum Gasteiger partial charge on any atom is 0.372 e. The van der Waals surface area contributed by atoms with Crippen LogP contribution in [0.15, 0.2) is 77.7 Å². The second-order valence-electron chi connectivity index (χ2n) is 6.64. The van der Waals surface area contributed by atoms with Gasteiger partial charge in [0.25, 0.3) is 0 Å². The molecule has 0 saturated carbocycles. The second kappa shape index (κ2) is 10.0. The smallest absolute Gasteiger partial charge is 0.311 e. The maximum absolute atomic E-state index is 6.31. The molecule has 3 rings (SSSR count). The zero-order valence-electron chi connectivity index (χ0n) is 15.8. The fourth-order valence-electron chi connectivity index (χ4n) is 2.88. The molecule has 0 aliphatic rings. The molecule has 3 aromatic rings. The highest BCUT2D eigenvalue weighted by atomic mass is 36.0. The number of hydrogen-bond donors (Lipinski definition) is 0. The average Bonchev–Trinajstić information content (AvgIpc) is 2.67. The van der Waals surface area contributed by atoms with Crippen LogP contribution in [0, 0.1) is 0 Å². The normalized spacial score (nSPS) is 13.2. The van der Waals surface area contributed by atoms with Crippen LogP contribution in [0.3, 0.4) is 0 Å². The first-order valence-electron chi connectivity index (χ1n) is 8.69. The first-order valence-corrected chi connectivity index (χ1v) is 22.5. The number of nitrogens with zero attached hydrogens (tertiary/aromatic N) is 1. The molecule has 1 nitrogen and oxygen atoms in total. The van der Waals surface area contributed by atoms with Crippen LogP contribution in [0.2, 0.25) is 0 Å². The average molecular weight is 629 g/mol. The van der Waals surface area contributed by atoms with Crippen LogP contribution < -0.4 is 15.3 Å². The lowest BCUT2D eigenvalue weighted by Gasteiger charge is -2.27. The van der Waals surface area contributed by atoms with E-state index in [0.717, 1.165) is 22.0 Å². The van der Waals surface area contributed by atoms with Crippen LogP contribution in [0.4, 0.5) is 17.1 Å². The number of hydrogen-bond acceptors (Lipinski definition) is 1. The van der Waals surface area contributed by atoms with Crippen LogP contribution in [0.1, 0.15) is 0 Å². The van der Waals surface area contributed by atoms with Gasteiger partial charge in [0, 0.05) is 22.0 Å². The van der Waals surface area contributed by atoms with Gasteiger partial charge in [-0.3, -0.25) is 0 Å². The van der Waals surface area contributed by atoms with Crippen molar-refractivity contribution in [3.63, 3.8) is 0 Å². The van der Waals surface area contributed by atoms with Crippen molar-refractivity contribution in [1.29, 1.82) is 0 Å². The summed E-state index contributed by atoms with van der Waals surface area (Å²) in [5.74, 6) is 0. The van der Waals surface area contributed by atoms with Gasteiger partial charge in [-0.15, -0.1) is 66.5 Å². The Morgan fingerprint density at radius 3 is 1.10 bits per heavy atom. The minimum Gasteiger partial charge on any atom is -0.311 e. The van der Waals surface area contributed by atoms with Gasteiger partial charge in [0.15, 0.2) is 0 Å². The molecule has 0 amide bonds. The Kier molecular flexibility index (Phi) is 8.48. The molecule has 0 spiro atoms. The van der Waals surface area contributed by atoms with Gasteiger partial charge < -0.3 is 4.90 Å². The van der Waals surface area contributed by atoms with Crippen molar-refractivity contribution in [3.05, 3.63) is 72.8 Å². The van der Waals surface area contributed by atoms with E-state index in [2.05, 4.69) is 0 Å². The summed E-state index contributed by atoms with van der Waals surface area (Å²) in [4.78, 5) is 2.92. The van der Waals surface area contributed by atoms with Crippen molar-refractivity contribution in [2.75, 3.05) is 11.2 Å². The molecular weight excluding hydrogens is 614 g/mol. The first kappa shape index (κ1) is 26.2. The Bertz CT molecular complexity index is 891. The quantitative estimate of drug-likeness (QED) is 0.195. The lowest BCUT2D eigenvalue weighted by atomic mass is 10.2. The molecule has 0 bridgehead atoms. The summed E-state index contributed by atoms with van der Waals surface area (Å²) in [7, 11) is 10.8. The lowest BCUT2D eigenvalue weighted by molar-refractivity contribution is 1.27. The zero-order valence-corrected chi connectivity index (χ0v) is 24.7. The SMILES string of the molecule is CS(Cl)(Cl)c1ccc(N(c2ccc([Si](Cl)(Cl)Cl)cc2)c2ccc([Si](Cl)(Cl)Cl)cc2)cc1. The highest BCUT2D eigenvalue weighted by molar-refractivity contribution is 8.65. The van der Waals surface area contributed by atoms with E-state index in [-0.39, 0.29) is 0 Å². The van der Waals surface area contributed by atoms with Gasteiger partial charge in [0.1, 0.15) is 0 Å². The number of anilines is 3. The number of rotatable bonds is 6. The molecule has 0 N–H and O–H groups in total. The van der Waals surface area contributed by atoms with Gasteiger partial charge in [-0.1, -0.05) is 32.7 Å². The van der Waals surface area contributed by atoms with Crippen molar-refractivity contribution in [2.24, 2.45) is 0 Å². The molecule has 0 unspecified atom stereocenters. The molecule has 166 valence electrons. The zero-order chi connectivity index (χ0) is 23.0. The van der Waals surface area contributed by atoms with E-state index in [0.29, 0.717) is 10.4 Å². The van der Waals surface area contributed by atoms with Crippen LogP contribution in [0.25, 0.3) is 0 Å². The Hall–Kier alpha value is 0.564. The van der Waals surface area contributed by atoms with Crippen LogP contribution in [0.5, 0.6) is 0 Å². The third-order valence-corrected chi connectivity index (χ3v) is 12.5. The third-order valence-electron chi connectivity index (χ3n) is 4.41. The molecule has 0 atom stereocenters. The Morgan fingerprint density at radius 2 is 0.839 bits per heavy atom. The maximum atomic E-state index is 6.31. The van der Waals surface area contributed by atoms with Gasteiger partial charge in [0.2, 0.25) is 0 Å². The van der Waals surface area contributed by atoms with Crippen molar-refractivity contribution in [3.8, 4) is 0 Å². The van der Waals surface area contributed by atoms with Crippen LogP contribution in [-0.4, -0.2) is 18.3 Å². The number of benzene rings is 3. The Morgan fingerprint density at radius 1 is 0.548 bits per heavy atom. The predicted molar refractivity (Wildman–Crippen MR) is 151 cm³/mol. The Balaban J connectivity index is 2.08. The topological polar surface area (TPSA) is 3.24 Å². The molecule has 0 saturated heterocycles. The molecule has 0 radical (unpaired) electrons. The fourth-order valence-corrected chi connectivity index (χ4v) is 7.47. The molecule has 0 heterocycles. The summed E-state index contributed by atoms with van der Waals surface area (Å²) in [5, 5.41) is 1.41. The molecule has 0 fully saturated rings. The van der Waals surface area contributed by atoms with Crippen molar-refractivity contribution >= 4 is 136 Å². The highest BCUT2D eigenvalue weighted by Crippen LogP contribution is 2.62. The summed E-state index contributed by atoms with van der Waals surface area (Å²) in [6.07, 6.45) is 1.81. The van der Waals surface area contributed by atoms with E-state index in [1.807, 2.05) is 84.0 Å². The molecule has 12 heteroatoms. The van der Waals surface area contributed by atoms with E-state index >= 15 is 0 Å². The third kappa shape index (κ3) is 6.80. The van der Waals surface area contributed by atoms with Crippen LogP contribution in [-0.2, 0) is 0 Å². The summed E-state index contributed by atoms with van der Waals surface area (Å²) in [6.45, 7) is 0. The van der Waals surface area contributed by atoms with Crippen molar-refractivity contribution in [1.82, 2.24) is 0 Å². The Labute approximate surface area is 222 Å². The molecule has 3 aromatic carbocycles. The summed E-state index contributed by atoms with van der Waals surface area (Å²) < 4.78 is 0. The van der Waals surface area contributed by atoms with Crippen molar-refractivity contribution < 1.29 is 0 Å². The van der Waals surface area contributed by atoms with Gasteiger partial charge in [0.05, 0.1) is 0 Å². The van der Waals surface area contributed by atoms with Crippen LogP contribution >= 0.6 is 96.3 Å². The lowest BCUT2D eigenvalue weighted by Crippen LogP contribution is -2.30. The fraction of sp³-hybridized carbons (Fsp3) is 0.0526. The minimum absolute atomic E-state index is 0.706. The van der Waals surface area contributed by atoms with Gasteiger partial charge in [-0.2, -0.15) is 0 Å². The predicted octanol–water partition coefficient (Wildman–Crippen LogP) is 8.98. The van der Waals surface area contributed by atoms with E-state index < -0.39 is 20.5 Å². The van der Waals surface area contributed by atoms with Gasteiger partial charge in [-0.25, -0.2) is 0 Å². The molecule has 0 aliphatic heterocycles. The van der Waals surface area contributed by atoms with E-state index in [1.165, 1.54) is 0 Å². The molecular formula is C19H15Cl8NSSi2. The second-order valence-corrected chi connectivity index (χ2v) is 29.6. The standard InChI is InChI=1S/C19H15Cl8NSSi2/c1-29(20,21)17-8-2-14(3-9-17)28(15-4-10-18(11-5-15)30(22,23)24)16-6-12-19(13-7-16)31(25,26)27/h2-13H,1H3. The minimum atomic E-state index is -2.97. The molecule has 0 aliphatic carbocycles. The number of halogens is 8. The van der Waals surface area contributed by atoms with Crippen molar-refractivity contribution in [2.45, 2.75) is 4.90 Å². The van der Waals surface area contributed by atoms with E-state index in [4.69, 9.17) is 87.8 Å². The highest BCUT2D eigenvalue weighted by Gasteiger charge is 2.29. The van der Waals surface area contributed by atoms with E-state index in [9.17, 15) is 0 Å². The largest absolute Gasteiger partial charge is 0.372 e. The monoisotopic (exact) mass is 625 g/mol. The summed E-state index contributed by atoms with van der Waals surface area (Å²) >= 11 is 36.9. The van der Waals surface area contributed by atoms with Gasteiger partial charge >= 0.3 is 12.0 Å². The van der Waals surface area contributed by atoms with Gasteiger partial charge in [-0.05, 0) is 86.5 Å².